The van der Waals surface area contributed by atoms with Crippen molar-refractivity contribution in [3.05, 3.63) is 59.7 Å². The number of anilines is 2. The summed E-state index contributed by atoms with van der Waals surface area (Å²) in [4.78, 5) is 12.1. The number of nitrogens with zero attached hydrogens (tertiary/aromatic N) is 1. The number of hydrogen-bond donors (Lipinski definition) is 1. The molecule has 0 fully saturated rings. The summed E-state index contributed by atoms with van der Waals surface area (Å²) in [6.07, 6.45) is 1.13. The van der Waals surface area contributed by atoms with Crippen molar-refractivity contribution in [1.29, 1.82) is 0 Å². The zero-order valence-electron chi connectivity index (χ0n) is 12.7. The molecule has 0 aromatic heterocycles. The van der Waals surface area contributed by atoms with Crippen LogP contribution in [0.25, 0.3) is 0 Å². The van der Waals surface area contributed by atoms with E-state index in [2.05, 4.69) is 5.32 Å². The summed E-state index contributed by atoms with van der Waals surface area (Å²) in [5.74, 6) is -0.239. The Morgan fingerprint density at radius 1 is 1.00 bits per heavy atom. The van der Waals surface area contributed by atoms with Gasteiger partial charge in [0.2, 0.25) is 10.0 Å². The second-order valence-electron chi connectivity index (χ2n) is 5.10. The van der Waals surface area contributed by atoms with E-state index >= 15 is 0 Å². The quantitative estimate of drug-likeness (QED) is 0.942. The highest BCUT2D eigenvalue weighted by Gasteiger charge is 2.13. The van der Waals surface area contributed by atoms with Crippen molar-refractivity contribution >= 4 is 27.3 Å². The van der Waals surface area contributed by atoms with Gasteiger partial charge in [0.15, 0.2) is 0 Å². The van der Waals surface area contributed by atoms with Crippen molar-refractivity contribution < 1.29 is 13.2 Å². The highest BCUT2D eigenvalue weighted by Crippen LogP contribution is 2.17. The fraction of sp³-hybridized carbons (Fsp3) is 0.188. The molecule has 1 N–H and O–H groups in total. The third-order valence-electron chi connectivity index (χ3n) is 3.30. The van der Waals surface area contributed by atoms with Crippen molar-refractivity contribution in [1.82, 2.24) is 0 Å². The highest BCUT2D eigenvalue weighted by molar-refractivity contribution is 7.92. The van der Waals surface area contributed by atoms with Crippen LogP contribution in [0.1, 0.15) is 15.9 Å². The Morgan fingerprint density at radius 2 is 1.55 bits per heavy atom. The number of rotatable bonds is 4. The molecule has 0 saturated heterocycles. The zero-order valence-corrected chi connectivity index (χ0v) is 13.5. The molecule has 0 saturated carbocycles. The standard InChI is InChI=1S/C16H18N2O3S/c1-12-4-8-14(9-5-12)17-16(19)13-6-10-15(11-7-13)18(2)22(3,20)21/h4-11H,1-3H3,(H,17,19). The molecule has 1 amide bonds. The molecule has 0 unspecified atom stereocenters. The maximum Gasteiger partial charge on any atom is 0.255 e. The SMILES string of the molecule is Cc1ccc(NC(=O)c2ccc(N(C)S(C)(=O)=O)cc2)cc1. The van der Waals surface area contributed by atoms with Crippen LogP contribution in [-0.2, 0) is 10.0 Å². The van der Waals surface area contributed by atoms with Gasteiger partial charge >= 0.3 is 0 Å². The number of amides is 1. The molecule has 6 heteroatoms. The summed E-state index contributed by atoms with van der Waals surface area (Å²) in [6.45, 7) is 1.97. The van der Waals surface area contributed by atoms with Gasteiger partial charge in [0.05, 0.1) is 11.9 Å². The molecule has 0 radical (unpaired) electrons. The van der Waals surface area contributed by atoms with E-state index in [0.717, 1.165) is 16.1 Å². The zero-order chi connectivity index (χ0) is 16.3. The molecule has 0 aliphatic carbocycles. The number of nitrogens with one attached hydrogen (secondary N) is 1. The molecule has 2 rings (SSSR count). The monoisotopic (exact) mass is 318 g/mol. The van der Waals surface area contributed by atoms with Crippen molar-refractivity contribution in [3.63, 3.8) is 0 Å². The van der Waals surface area contributed by atoms with Crippen molar-refractivity contribution in [2.45, 2.75) is 6.92 Å². The minimum atomic E-state index is -3.31. The summed E-state index contributed by atoms with van der Waals surface area (Å²) in [5.41, 5.74) is 2.81. The van der Waals surface area contributed by atoms with Gasteiger partial charge in [0.1, 0.15) is 0 Å². The number of carbonyl (C=O) groups excluding carboxylic acids is 1. The van der Waals surface area contributed by atoms with Crippen molar-refractivity contribution in [3.8, 4) is 0 Å². The Hall–Kier alpha value is -2.34. The van der Waals surface area contributed by atoms with Crippen LogP contribution in [-0.4, -0.2) is 27.6 Å². The van der Waals surface area contributed by atoms with Gasteiger partial charge in [-0.1, -0.05) is 17.7 Å². The second-order valence-corrected chi connectivity index (χ2v) is 7.11. The summed E-state index contributed by atoms with van der Waals surface area (Å²) < 4.78 is 24.1. The van der Waals surface area contributed by atoms with Crippen LogP contribution in [0.2, 0.25) is 0 Å². The molecule has 22 heavy (non-hydrogen) atoms. The maximum absolute atomic E-state index is 12.1. The van der Waals surface area contributed by atoms with Gasteiger partial charge < -0.3 is 5.32 Å². The predicted molar refractivity (Wildman–Crippen MR) is 88.8 cm³/mol. The molecular weight excluding hydrogens is 300 g/mol. The molecule has 0 atom stereocenters. The Morgan fingerprint density at radius 3 is 2.05 bits per heavy atom. The summed E-state index contributed by atoms with van der Waals surface area (Å²) >= 11 is 0. The van der Waals surface area contributed by atoms with E-state index in [9.17, 15) is 13.2 Å². The molecule has 2 aromatic rings. The van der Waals surface area contributed by atoms with E-state index in [1.807, 2.05) is 31.2 Å². The minimum absolute atomic E-state index is 0.239. The lowest BCUT2D eigenvalue weighted by molar-refractivity contribution is 0.102. The fourth-order valence-electron chi connectivity index (χ4n) is 1.85. The van der Waals surface area contributed by atoms with Crippen LogP contribution in [0.4, 0.5) is 11.4 Å². The summed E-state index contributed by atoms with van der Waals surface area (Å²) in [7, 11) is -1.84. The van der Waals surface area contributed by atoms with Crippen LogP contribution in [0.5, 0.6) is 0 Å². The van der Waals surface area contributed by atoms with Crippen molar-refractivity contribution in [2.75, 3.05) is 22.9 Å². The third-order valence-corrected chi connectivity index (χ3v) is 4.51. The maximum atomic E-state index is 12.1. The van der Waals surface area contributed by atoms with Crippen LogP contribution < -0.4 is 9.62 Å². The summed E-state index contributed by atoms with van der Waals surface area (Å²) in [6, 6.07) is 13.9. The molecule has 0 spiro atoms. The third kappa shape index (κ3) is 3.85. The Bertz CT molecular complexity index is 766. The number of sulfonamides is 1. The average molecular weight is 318 g/mol. The van der Waals surface area contributed by atoms with Crippen molar-refractivity contribution in [2.24, 2.45) is 0 Å². The molecule has 5 nitrogen and oxygen atoms in total. The molecule has 116 valence electrons. The van der Waals surface area contributed by atoms with E-state index in [1.165, 1.54) is 7.05 Å². The molecule has 0 bridgehead atoms. The van der Waals surface area contributed by atoms with Gasteiger partial charge in [-0.05, 0) is 43.3 Å². The first kappa shape index (κ1) is 16.0. The number of benzene rings is 2. The first-order chi connectivity index (χ1) is 10.3. The highest BCUT2D eigenvalue weighted by atomic mass is 32.2. The molecular formula is C16H18N2O3S. The molecule has 0 aliphatic rings. The van der Waals surface area contributed by atoms with E-state index < -0.39 is 10.0 Å². The number of carbonyl (C=O) groups is 1. The lowest BCUT2D eigenvalue weighted by atomic mass is 10.2. The smallest absolute Gasteiger partial charge is 0.255 e. The van der Waals surface area contributed by atoms with Gasteiger partial charge in [0.25, 0.3) is 5.91 Å². The Kier molecular flexibility index (Phi) is 4.51. The Balaban J connectivity index is 2.13. The number of hydrogen-bond acceptors (Lipinski definition) is 3. The lowest BCUT2D eigenvalue weighted by Gasteiger charge is -2.16. The van der Waals surface area contributed by atoms with E-state index in [0.29, 0.717) is 16.9 Å². The fourth-order valence-corrected chi connectivity index (χ4v) is 2.36. The number of aryl methyl sites for hydroxylation is 1. The van der Waals surface area contributed by atoms with Crippen LogP contribution >= 0.6 is 0 Å². The topological polar surface area (TPSA) is 66.5 Å². The van der Waals surface area contributed by atoms with Crippen LogP contribution in [0.15, 0.2) is 48.5 Å². The minimum Gasteiger partial charge on any atom is -0.322 e. The first-order valence-corrected chi connectivity index (χ1v) is 8.54. The molecule has 0 aliphatic heterocycles. The van der Waals surface area contributed by atoms with E-state index in [4.69, 9.17) is 0 Å². The Labute approximate surface area is 130 Å². The normalized spacial score (nSPS) is 11.0. The van der Waals surface area contributed by atoms with Gasteiger partial charge in [-0.2, -0.15) is 0 Å². The largest absolute Gasteiger partial charge is 0.322 e. The van der Waals surface area contributed by atoms with Crippen LogP contribution in [0.3, 0.4) is 0 Å². The van der Waals surface area contributed by atoms with Gasteiger partial charge in [-0.15, -0.1) is 0 Å². The first-order valence-electron chi connectivity index (χ1n) is 6.69. The molecule has 2 aromatic carbocycles. The summed E-state index contributed by atoms with van der Waals surface area (Å²) in [5, 5.41) is 2.79. The van der Waals surface area contributed by atoms with E-state index in [-0.39, 0.29) is 5.91 Å². The van der Waals surface area contributed by atoms with Gasteiger partial charge in [-0.25, -0.2) is 8.42 Å². The van der Waals surface area contributed by atoms with Crippen LogP contribution in [0, 0.1) is 6.92 Å². The van der Waals surface area contributed by atoms with Gasteiger partial charge in [0, 0.05) is 18.3 Å². The van der Waals surface area contributed by atoms with Gasteiger partial charge in [-0.3, -0.25) is 9.10 Å². The second kappa shape index (κ2) is 6.19. The predicted octanol–water partition coefficient (Wildman–Crippen LogP) is 2.64. The van der Waals surface area contributed by atoms with E-state index in [1.54, 1.807) is 24.3 Å². The molecule has 0 heterocycles. The average Bonchev–Trinajstić information content (AvgIpc) is 2.48. The lowest BCUT2D eigenvalue weighted by Crippen LogP contribution is -2.24.